The average Bonchev–Trinajstić information content (AvgIpc) is 1.95. The Balaban J connectivity index is 4.92. The Morgan fingerprint density at radius 3 is 1.17 bits per heavy atom. The van der Waals surface area contributed by atoms with Gasteiger partial charge in [-0.2, -0.15) is 43.2 Å². The quantitative estimate of drug-likeness (QED) is 0.429. The molecule has 0 aliphatic heterocycles. The van der Waals surface area contributed by atoms with Gasteiger partial charge in [-0.25, -0.2) is 0 Å². The first-order valence-electron chi connectivity index (χ1n) is 3.27. The van der Waals surface area contributed by atoms with Crippen LogP contribution in [0.15, 0.2) is 0 Å². The lowest BCUT2D eigenvalue weighted by Crippen LogP contribution is -2.38. The molecule has 0 aromatic carbocycles. The van der Waals surface area contributed by atoms with Gasteiger partial charge in [-0.15, -0.1) is 0 Å². The maximum Gasteiger partial charge on any atom is 0.667 e. The molecule has 0 spiro atoms. The van der Waals surface area contributed by atoms with E-state index in [4.69, 9.17) is 5.02 Å². The van der Waals surface area contributed by atoms with Crippen molar-refractivity contribution in [1.82, 2.24) is 0 Å². The summed E-state index contributed by atoms with van der Waals surface area (Å²) in [5.74, 6) is 0. The molecule has 0 aromatic rings. The first-order valence-corrected chi connectivity index (χ1v) is 6.09. The second-order valence-electron chi connectivity index (χ2n) is 2.30. The van der Waals surface area contributed by atoms with Gasteiger partial charge in [0.25, 0.3) is 0 Å². The summed E-state index contributed by atoms with van der Waals surface area (Å²) >= 11 is 0. The fraction of sp³-hybridized carbons (Fsp3) is 1.00. The molecule has 18 heavy (non-hydrogen) atoms. The van der Waals surface area contributed by atoms with E-state index in [1.807, 2.05) is 0 Å². The van der Waals surface area contributed by atoms with Crippen LogP contribution in [0.1, 0.15) is 0 Å². The average molecular weight is 326 g/mol. The number of hydrogen-bond acceptors (Lipinski definition) is 7. The fourth-order valence-electron chi connectivity index (χ4n) is 0.342. The Kier molecular flexibility index (Phi) is 4.68. The van der Waals surface area contributed by atoms with E-state index in [-0.39, 0.29) is 0 Å². The minimum absolute atomic E-state index is 2.63. The van der Waals surface area contributed by atoms with Crippen molar-refractivity contribution in [2.45, 2.75) is 11.0 Å². The van der Waals surface area contributed by atoms with Crippen molar-refractivity contribution in [3.63, 3.8) is 0 Å². The van der Waals surface area contributed by atoms with Crippen LogP contribution < -0.4 is 0 Å². The fourth-order valence-corrected chi connectivity index (χ4v) is 1.12. The van der Waals surface area contributed by atoms with E-state index in [9.17, 15) is 43.2 Å². The van der Waals surface area contributed by atoms with Crippen LogP contribution in [0.4, 0.5) is 26.3 Å². The highest BCUT2D eigenvalue weighted by atomic mass is 32.2. The van der Waals surface area contributed by atoms with Crippen LogP contribution in [0.3, 0.4) is 0 Å². The molecule has 0 rings (SSSR count). The third-order valence-corrected chi connectivity index (χ3v) is 2.95. The number of rotatable bonds is 4. The number of alkyl halides is 6. The predicted molar refractivity (Wildman–Crippen MR) is 40.1 cm³/mol. The molecule has 0 bridgehead atoms. The van der Waals surface area contributed by atoms with Gasteiger partial charge < -0.3 is 5.02 Å². The summed E-state index contributed by atoms with van der Waals surface area (Å²) in [4.78, 5) is 0. The van der Waals surface area contributed by atoms with Crippen LogP contribution in [0, 0.1) is 0 Å². The molecule has 0 fully saturated rings. The number of halogens is 6. The van der Waals surface area contributed by atoms with Gasteiger partial charge in [-0.3, -0.25) is 8.20 Å². The topological polar surface area (TPSA) is 107 Å². The predicted octanol–water partition coefficient (Wildman–Crippen LogP) is -0.304. The van der Waals surface area contributed by atoms with E-state index < -0.39 is 38.6 Å². The molecule has 1 N–H and O–H groups in total. The molecule has 108 valence electrons. The van der Waals surface area contributed by atoms with Crippen LogP contribution in [0.25, 0.3) is 0 Å². The SMILES string of the molecule is O=S(=O)(OB(O)OS(=O)(=O)C(F)(F)F)C(F)(F)F. The molecule has 0 radical (unpaired) electrons. The molecule has 16 heteroatoms. The van der Waals surface area contributed by atoms with E-state index in [2.05, 4.69) is 8.20 Å². The zero-order valence-electron chi connectivity index (χ0n) is 7.56. The van der Waals surface area contributed by atoms with Crippen molar-refractivity contribution >= 4 is 27.6 Å². The smallest absolute Gasteiger partial charge is 0.400 e. The van der Waals surface area contributed by atoms with Crippen LogP contribution in [0.5, 0.6) is 0 Å². The van der Waals surface area contributed by atoms with Gasteiger partial charge in [0.15, 0.2) is 0 Å². The normalized spacial score (nSPS) is 14.6. The molecule has 0 heterocycles. The van der Waals surface area contributed by atoms with E-state index >= 15 is 0 Å². The van der Waals surface area contributed by atoms with E-state index in [0.717, 1.165) is 0 Å². The molecule has 0 amide bonds. The van der Waals surface area contributed by atoms with Gasteiger partial charge in [-0.05, 0) is 0 Å². The summed E-state index contributed by atoms with van der Waals surface area (Å²) < 4.78 is 115. The van der Waals surface area contributed by atoms with E-state index in [0.29, 0.717) is 0 Å². The summed E-state index contributed by atoms with van der Waals surface area (Å²) in [6.07, 6.45) is 0. The zero-order valence-corrected chi connectivity index (χ0v) is 9.19. The highest BCUT2D eigenvalue weighted by molar-refractivity contribution is 7.89. The third kappa shape index (κ3) is 4.27. The largest absolute Gasteiger partial charge is 0.667 e. The van der Waals surface area contributed by atoms with Crippen LogP contribution in [-0.2, 0) is 28.4 Å². The Morgan fingerprint density at radius 1 is 0.778 bits per heavy atom. The second kappa shape index (κ2) is 4.84. The van der Waals surface area contributed by atoms with Gasteiger partial charge in [-0.1, -0.05) is 0 Å². The molecule has 0 aromatic heterocycles. The number of hydrogen-bond donors (Lipinski definition) is 1. The zero-order chi connectivity index (χ0) is 15.0. The minimum atomic E-state index is -6.52. The molecular weight excluding hydrogens is 325 g/mol. The van der Waals surface area contributed by atoms with Crippen molar-refractivity contribution in [3.05, 3.63) is 0 Å². The standard InChI is InChI=1S/C2HBF6O7S2/c4-1(5,6)17(11,12)15-3(10)16-18(13,14)2(7,8)9/h10H. The highest BCUT2D eigenvalue weighted by Crippen LogP contribution is 2.28. The van der Waals surface area contributed by atoms with Crippen molar-refractivity contribution in [1.29, 1.82) is 0 Å². The van der Waals surface area contributed by atoms with E-state index in [1.54, 1.807) is 0 Å². The van der Waals surface area contributed by atoms with E-state index in [1.165, 1.54) is 0 Å². The Hall–Kier alpha value is -0.575. The van der Waals surface area contributed by atoms with Gasteiger partial charge in [0.05, 0.1) is 0 Å². The molecule has 0 aliphatic carbocycles. The van der Waals surface area contributed by atoms with Crippen LogP contribution in [-0.4, -0.2) is 40.2 Å². The van der Waals surface area contributed by atoms with Crippen molar-refractivity contribution in [2.75, 3.05) is 0 Å². The summed E-state index contributed by atoms with van der Waals surface area (Å²) in [7, 11) is -16.9. The molecule has 0 saturated heterocycles. The lowest BCUT2D eigenvalue weighted by atomic mass is 10.3. The summed E-state index contributed by atoms with van der Waals surface area (Å²) in [6, 6.07) is 0. The minimum Gasteiger partial charge on any atom is -0.400 e. The van der Waals surface area contributed by atoms with Gasteiger partial charge in [0, 0.05) is 0 Å². The highest BCUT2D eigenvalue weighted by Gasteiger charge is 2.54. The van der Waals surface area contributed by atoms with Crippen molar-refractivity contribution in [2.24, 2.45) is 0 Å². The Morgan fingerprint density at radius 2 is 1.00 bits per heavy atom. The summed E-state index contributed by atoms with van der Waals surface area (Å²) in [5.41, 5.74) is -12.2. The summed E-state index contributed by atoms with van der Waals surface area (Å²) in [6.45, 7) is 0. The monoisotopic (exact) mass is 326 g/mol. The molecular formula is C2HBF6O7S2. The van der Waals surface area contributed by atoms with Gasteiger partial charge >= 0.3 is 38.6 Å². The second-order valence-corrected chi connectivity index (χ2v) is 5.43. The molecule has 0 aliphatic rings. The summed E-state index contributed by atoms with van der Waals surface area (Å²) in [5, 5.41) is 8.24. The van der Waals surface area contributed by atoms with Gasteiger partial charge in [0.1, 0.15) is 0 Å². The molecule has 0 saturated carbocycles. The van der Waals surface area contributed by atoms with Gasteiger partial charge in [0.2, 0.25) is 0 Å². The lowest BCUT2D eigenvalue weighted by Gasteiger charge is -2.12. The third-order valence-electron chi connectivity index (χ3n) is 0.985. The van der Waals surface area contributed by atoms with Crippen LogP contribution >= 0.6 is 0 Å². The van der Waals surface area contributed by atoms with Crippen molar-refractivity contribution < 1.29 is 56.4 Å². The molecule has 0 atom stereocenters. The Bertz CT molecular complexity index is 441. The first-order chi connectivity index (χ1) is 7.60. The maximum absolute atomic E-state index is 11.6. The molecule has 0 unspecified atom stereocenters. The first kappa shape index (κ1) is 17.4. The Labute approximate surface area is 95.7 Å². The van der Waals surface area contributed by atoms with Crippen LogP contribution in [0.2, 0.25) is 0 Å². The molecule has 7 nitrogen and oxygen atoms in total. The maximum atomic E-state index is 11.6. The van der Waals surface area contributed by atoms with Crippen molar-refractivity contribution in [3.8, 4) is 0 Å². The lowest BCUT2D eigenvalue weighted by molar-refractivity contribution is -0.0539.